The Kier molecular flexibility index (Phi) is 3.76. The summed E-state index contributed by atoms with van der Waals surface area (Å²) in [5, 5.41) is 21.0. The Morgan fingerprint density at radius 1 is 1.15 bits per heavy atom. The SMILES string of the molecule is Cc1cc(C(=O)Nc2ccc(C(=O)O)c(O)c2)c(C)s1. The molecule has 0 fully saturated rings. The Morgan fingerprint density at radius 2 is 1.85 bits per heavy atom. The first-order valence-corrected chi connectivity index (χ1v) is 6.65. The maximum absolute atomic E-state index is 12.1. The van der Waals surface area contributed by atoms with E-state index in [2.05, 4.69) is 5.32 Å². The van der Waals surface area contributed by atoms with Gasteiger partial charge in [-0.05, 0) is 32.0 Å². The molecule has 2 rings (SSSR count). The zero-order valence-electron chi connectivity index (χ0n) is 10.9. The number of carboxylic acid groups (broad SMARTS) is 1. The molecule has 0 aliphatic rings. The number of carbonyl (C=O) groups is 2. The number of thiophene rings is 1. The van der Waals surface area contributed by atoms with Crippen LogP contribution in [0.25, 0.3) is 0 Å². The van der Waals surface area contributed by atoms with Gasteiger partial charge in [-0.25, -0.2) is 4.79 Å². The summed E-state index contributed by atoms with van der Waals surface area (Å²) in [7, 11) is 0. The Labute approximate surface area is 119 Å². The van der Waals surface area contributed by atoms with Gasteiger partial charge >= 0.3 is 5.97 Å². The number of amides is 1. The molecule has 2 aromatic rings. The number of hydrogen-bond donors (Lipinski definition) is 3. The highest BCUT2D eigenvalue weighted by molar-refractivity contribution is 7.12. The fourth-order valence-electron chi connectivity index (χ4n) is 1.84. The van der Waals surface area contributed by atoms with Crippen LogP contribution in [0.2, 0.25) is 0 Å². The van der Waals surface area contributed by atoms with E-state index >= 15 is 0 Å². The highest BCUT2D eigenvalue weighted by Crippen LogP contribution is 2.24. The largest absolute Gasteiger partial charge is 0.507 e. The summed E-state index contributed by atoms with van der Waals surface area (Å²) in [4.78, 5) is 24.8. The predicted octanol–water partition coefficient (Wildman–Crippen LogP) is 3.02. The van der Waals surface area contributed by atoms with Crippen LogP contribution >= 0.6 is 11.3 Å². The second-order valence-electron chi connectivity index (χ2n) is 4.32. The third-order valence-electron chi connectivity index (χ3n) is 2.77. The van der Waals surface area contributed by atoms with Gasteiger partial charge in [-0.1, -0.05) is 0 Å². The number of anilines is 1. The minimum absolute atomic E-state index is 0.203. The van der Waals surface area contributed by atoms with Crippen LogP contribution < -0.4 is 5.32 Å². The molecule has 0 atom stereocenters. The van der Waals surface area contributed by atoms with Gasteiger partial charge in [0, 0.05) is 21.5 Å². The van der Waals surface area contributed by atoms with Gasteiger partial charge in [0.15, 0.2) is 0 Å². The molecule has 1 amide bonds. The van der Waals surface area contributed by atoms with Gasteiger partial charge in [0.2, 0.25) is 0 Å². The molecule has 0 radical (unpaired) electrons. The topological polar surface area (TPSA) is 86.6 Å². The number of aryl methyl sites for hydroxylation is 2. The van der Waals surface area contributed by atoms with E-state index in [1.54, 1.807) is 6.07 Å². The van der Waals surface area contributed by atoms with Crippen molar-refractivity contribution in [3.8, 4) is 5.75 Å². The number of benzene rings is 1. The number of hydrogen-bond acceptors (Lipinski definition) is 4. The first kappa shape index (κ1) is 14.1. The third kappa shape index (κ3) is 2.80. The van der Waals surface area contributed by atoms with Crippen molar-refractivity contribution in [2.45, 2.75) is 13.8 Å². The highest BCUT2D eigenvalue weighted by atomic mass is 32.1. The van der Waals surface area contributed by atoms with Gasteiger partial charge in [0.25, 0.3) is 5.91 Å². The summed E-state index contributed by atoms with van der Waals surface area (Å²) < 4.78 is 0. The smallest absolute Gasteiger partial charge is 0.339 e. The molecule has 0 bridgehead atoms. The van der Waals surface area contributed by atoms with Gasteiger partial charge < -0.3 is 15.5 Å². The summed E-state index contributed by atoms with van der Waals surface area (Å²) >= 11 is 1.53. The number of aromatic carboxylic acids is 1. The zero-order chi connectivity index (χ0) is 14.9. The van der Waals surface area contributed by atoms with Crippen molar-refractivity contribution in [3.05, 3.63) is 45.1 Å². The Bertz CT molecular complexity index is 690. The minimum Gasteiger partial charge on any atom is -0.507 e. The Morgan fingerprint density at radius 3 is 2.35 bits per heavy atom. The standard InChI is InChI=1S/C14H13NO4S/c1-7-5-11(8(2)20-7)13(17)15-9-3-4-10(14(18)19)12(16)6-9/h3-6,16H,1-2H3,(H,15,17)(H,18,19). The summed E-state index contributed by atoms with van der Waals surface area (Å²) in [5.41, 5.74) is 0.723. The maximum atomic E-state index is 12.1. The Balaban J connectivity index is 2.22. The lowest BCUT2D eigenvalue weighted by Gasteiger charge is -2.06. The summed E-state index contributed by atoms with van der Waals surface area (Å²) in [6.45, 7) is 3.78. The van der Waals surface area contributed by atoms with Crippen LogP contribution in [-0.4, -0.2) is 22.1 Å². The van der Waals surface area contributed by atoms with E-state index in [9.17, 15) is 14.7 Å². The molecular weight excluding hydrogens is 278 g/mol. The molecule has 0 saturated carbocycles. The first-order valence-electron chi connectivity index (χ1n) is 5.83. The summed E-state index contributed by atoms with van der Waals surface area (Å²) in [5.74, 6) is -1.88. The zero-order valence-corrected chi connectivity index (χ0v) is 11.7. The Hall–Kier alpha value is -2.34. The molecule has 3 N–H and O–H groups in total. The van der Waals surface area contributed by atoms with Crippen molar-refractivity contribution in [1.29, 1.82) is 0 Å². The van der Waals surface area contributed by atoms with E-state index in [-0.39, 0.29) is 17.2 Å². The number of carboxylic acids is 1. The molecule has 0 aliphatic carbocycles. The molecular formula is C14H13NO4S. The van der Waals surface area contributed by atoms with Crippen LogP contribution in [0.3, 0.4) is 0 Å². The van der Waals surface area contributed by atoms with E-state index in [1.807, 2.05) is 13.8 Å². The number of aromatic hydroxyl groups is 1. The molecule has 6 heteroatoms. The van der Waals surface area contributed by atoms with E-state index in [0.29, 0.717) is 11.3 Å². The lowest BCUT2D eigenvalue weighted by atomic mass is 10.1. The molecule has 0 saturated heterocycles. The second kappa shape index (κ2) is 5.34. The van der Waals surface area contributed by atoms with Crippen molar-refractivity contribution in [2.75, 3.05) is 5.32 Å². The molecule has 20 heavy (non-hydrogen) atoms. The summed E-state index contributed by atoms with van der Waals surface area (Å²) in [6.07, 6.45) is 0. The molecule has 1 aromatic heterocycles. The third-order valence-corrected chi connectivity index (χ3v) is 3.74. The molecule has 5 nitrogen and oxygen atoms in total. The van der Waals surface area contributed by atoms with Gasteiger partial charge in [-0.2, -0.15) is 0 Å². The predicted molar refractivity (Wildman–Crippen MR) is 76.8 cm³/mol. The first-order chi connectivity index (χ1) is 9.38. The molecule has 1 aromatic carbocycles. The average molecular weight is 291 g/mol. The van der Waals surface area contributed by atoms with Crippen molar-refractivity contribution in [2.24, 2.45) is 0 Å². The molecule has 0 aliphatic heterocycles. The minimum atomic E-state index is -1.22. The lowest BCUT2D eigenvalue weighted by Crippen LogP contribution is -2.12. The monoisotopic (exact) mass is 291 g/mol. The van der Waals surface area contributed by atoms with Gasteiger partial charge in [0.1, 0.15) is 11.3 Å². The van der Waals surface area contributed by atoms with Crippen LogP contribution in [0.5, 0.6) is 5.75 Å². The van der Waals surface area contributed by atoms with Crippen LogP contribution in [-0.2, 0) is 0 Å². The fourth-order valence-corrected chi connectivity index (χ4v) is 2.77. The summed E-state index contributed by atoms with van der Waals surface area (Å²) in [6, 6.07) is 5.70. The van der Waals surface area contributed by atoms with Gasteiger partial charge in [0.05, 0.1) is 5.56 Å². The average Bonchev–Trinajstić information content (AvgIpc) is 2.68. The van der Waals surface area contributed by atoms with Crippen LogP contribution in [0.1, 0.15) is 30.5 Å². The van der Waals surface area contributed by atoms with E-state index < -0.39 is 5.97 Å². The quantitative estimate of drug-likeness (QED) is 0.811. The van der Waals surface area contributed by atoms with E-state index in [1.165, 1.54) is 29.5 Å². The molecule has 0 spiro atoms. The molecule has 0 unspecified atom stereocenters. The lowest BCUT2D eigenvalue weighted by molar-refractivity contribution is 0.0693. The normalized spacial score (nSPS) is 10.3. The van der Waals surface area contributed by atoms with E-state index in [4.69, 9.17) is 5.11 Å². The number of phenols is 1. The second-order valence-corrected chi connectivity index (χ2v) is 5.78. The van der Waals surface area contributed by atoms with Crippen molar-refractivity contribution in [1.82, 2.24) is 0 Å². The van der Waals surface area contributed by atoms with Crippen LogP contribution in [0.4, 0.5) is 5.69 Å². The number of carbonyl (C=O) groups excluding carboxylic acids is 1. The molecule has 1 heterocycles. The highest BCUT2D eigenvalue weighted by Gasteiger charge is 2.14. The van der Waals surface area contributed by atoms with Crippen LogP contribution in [0, 0.1) is 13.8 Å². The number of rotatable bonds is 3. The van der Waals surface area contributed by atoms with Gasteiger partial charge in [-0.3, -0.25) is 4.79 Å². The van der Waals surface area contributed by atoms with Crippen LogP contribution in [0.15, 0.2) is 24.3 Å². The van der Waals surface area contributed by atoms with Crippen molar-refractivity contribution >= 4 is 28.9 Å². The number of nitrogens with one attached hydrogen (secondary N) is 1. The fraction of sp³-hybridized carbons (Fsp3) is 0.143. The van der Waals surface area contributed by atoms with E-state index in [0.717, 1.165) is 9.75 Å². The van der Waals surface area contributed by atoms with Gasteiger partial charge in [-0.15, -0.1) is 11.3 Å². The van der Waals surface area contributed by atoms with Crippen molar-refractivity contribution in [3.63, 3.8) is 0 Å². The maximum Gasteiger partial charge on any atom is 0.339 e. The van der Waals surface area contributed by atoms with Crippen molar-refractivity contribution < 1.29 is 19.8 Å². The molecule has 104 valence electrons.